The van der Waals surface area contributed by atoms with Gasteiger partial charge in [-0.3, -0.25) is 4.79 Å². The molecule has 1 aromatic heterocycles. The summed E-state index contributed by atoms with van der Waals surface area (Å²) in [5.41, 5.74) is 2.02. The van der Waals surface area contributed by atoms with Crippen molar-refractivity contribution in [2.45, 2.75) is 12.5 Å². The number of hydrogen-bond donors (Lipinski definition) is 1. The zero-order valence-electron chi connectivity index (χ0n) is 12.1. The van der Waals surface area contributed by atoms with Crippen LogP contribution in [0.25, 0.3) is 0 Å². The average molecular weight is 307 g/mol. The van der Waals surface area contributed by atoms with Gasteiger partial charge in [-0.1, -0.05) is 66.7 Å². The van der Waals surface area contributed by atoms with Crippen LogP contribution in [0.15, 0.2) is 78.2 Å². The van der Waals surface area contributed by atoms with E-state index in [-0.39, 0.29) is 11.8 Å². The summed E-state index contributed by atoms with van der Waals surface area (Å²) in [6.45, 7) is 0.576. The molecule has 0 aliphatic rings. The monoisotopic (exact) mass is 307 g/mol. The fraction of sp³-hybridized carbons (Fsp3) is 0.105. The smallest absolute Gasteiger partial charge is 0.232 e. The summed E-state index contributed by atoms with van der Waals surface area (Å²) in [5, 5.41) is 5.07. The van der Waals surface area contributed by atoms with Gasteiger partial charge in [-0.2, -0.15) is 0 Å². The molecule has 0 saturated carbocycles. The average Bonchev–Trinajstić information content (AvgIpc) is 3.09. The van der Waals surface area contributed by atoms with E-state index in [1.807, 2.05) is 78.2 Å². The molecule has 0 saturated heterocycles. The fourth-order valence-corrected chi connectivity index (χ4v) is 3.12. The van der Waals surface area contributed by atoms with Gasteiger partial charge in [-0.25, -0.2) is 0 Å². The summed E-state index contributed by atoms with van der Waals surface area (Å²) in [6, 6.07) is 23.9. The molecule has 1 amide bonds. The van der Waals surface area contributed by atoms with E-state index >= 15 is 0 Å². The van der Waals surface area contributed by atoms with Gasteiger partial charge in [0, 0.05) is 4.88 Å². The molecule has 0 unspecified atom stereocenters. The van der Waals surface area contributed by atoms with Gasteiger partial charge in [-0.15, -0.1) is 11.3 Å². The topological polar surface area (TPSA) is 29.1 Å². The second-order valence-corrected chi connectivity index (χ2v) is 6.08. The number of thiophene rings is 1. The predicted molar refractivity (Wildman–Crippen MR) is 90.9 cm³/mol. The SMILES string of the molecule is O=C(NCc1cccs1)C(c1ccccc1)c1ccccc1. The Hall–Kier alpha value is -2.39. The third-order valence-electron chi connectivity index (χ3n) is 3.54. The summed E-state index contributed by atoms with van der Waals surface area (Å²) < 4.78 is 0. The highest BCUT2D eigenvalue weighted by atomic mass is 32.1. The first-order valence-electron chi connectivity index (χ1n) is 7.24. The molecule has 0 bridgehead atoms. The van der Waals surface area contributed by atoms with Crippen molar-refractivity contribution in [2.24, 2.45) is 0 Å². The number of hydrogen-bond acceptors (Lipinski definition) is 2. The van der Waals surface area contributed by atoms with E-state index in [0.29, 0.717) is 6.54 Å². The maximum Gasteiger partial charge on any atom is 0.232 e. The minimum atomic E-state index is -0.276. The summed E-state index contributed by atoms with van der Waals surface area (Å²) in [4.78, 5) is 13.9. The summed E-state index contributed by atoms with van der Waals surface area (Å²) in [5.74, 6) is -0.242. The molecule has 2 nitrogen and oxygen atoms in total. The molecule has 0 radical (unpaired) electrons. The lowest BCUT2D eigenvalue weighted by Gasteiger charge is -2.17. The van der Waals surface area contributed by atoms with E-state index in [2.05, 4.69) is 5.32 Å². The third-order valence-corrected chi connectivity index (χ3v) is 4.42. The Kier molecular flexibility index (Phi) is 4.66. The Morgan fingerprint density at radius 3 is 1.95 bits per heavy atom. The van der Waals surface area contributed by atoms with Gasteiger partial charge < -0.3 is 5.32 Å². The zero-order chi connectivity index (χ0) is 15.2. The Bertz CT molecular complexity index is 668. The number of amides is 1. The first-order chi connectivity index (χ1) is 10.8. The molecule has 110 valence electrons. The maximum atomic E-state index is 12.7. The molecule has 3 heteroatoms. The van der Waals surface area contributed by atoms with E-state index in [9.17, 15) is 4.79 Å². The molecule has 1 heterocycles. The summed E-state index contributed by atoms with van der Waals surface area (Å²) in [7, 11) is 0. The van der Waals surface area contributed by atoms with Gasteiger partial charge in [0.25, 0.3) is 0 Å². The van der Waals surface area contributed by atoms with Crippen LogP contribution in [0, 0.1) is 0 Å². The molecule has 3 rings (SSSR count). The lowest BCUT2D eigenvalue weighted by atomic mass is 9.90. The zero-order valence-corrected chi connectivity index (χ0v) is 12.9. The fourth-order valence-electron chi connectivity index (χ4n) is 2.48. The molecule has 1 N–H and O–H groups in total. The van der Waals surface area contributed by atoms with Crippen molar-refractivity contribution in [1.29, 1.82) is 0 Å². The number of nitrogens with one attached hydrogen (secondary N) is 1. The Labute approximate surface area is 134 Å². The number of benzene rings is 2. The minimum absolute atomic E-state index is 0.0331. The highest BCUT2D eigenvalue weighted by molar-refractivity contribution is 7.09. The van der Waals surface area contributed by atoms with Gasteiger partial charge in [0.15, 0.2) is 0 Å². The van der Waals surface area contributed by atoms with Crippen LogP contribution in [0.3, 0.4) is 0 Å². The predicted octanol–water partition coefficient (Wildman–Crippen LogP) is 4.20. The van der Waals surface area contributed by atoms with E-state index in [1.165, 1.54) is 0 Å². The molecular weight excluding hydrogens is 290 g/mol. The van der Waals surface area contributed by atoms with Crippen LogP contribution in [-0.2, 0) is 11.3 Å². The van der Waals surface area contributed by atoms with Crippen molar-refractivity contribution in [3.8, 4) is 0 Å². The normalized spacial score (nSPS) is 10.6. The number of carbonyl (C=O) groups is 1. The van der Waals surface area contributed by atoms with Crippen molar-refractivity contribution in [1.82, 2.24) is 5.32 Å². The van der Waals surface area contributed by atoms with Crippen molar-refractivity contribution >= 4 is 17.2 Å². The lowest BCUT2D eigenvalue weighted by Crippen LogP contribution is -2.29. The molecule has 0 aliphatic heterocycles. The van der Waals surface area contributed by atoms with Crippen molar-refractivity contribution in [3.63, 3.8) is 0 Å². The first kappa shape index (κ1) is 14.5. The van der Waals surface area contributed by atoms with Crippen molar-refractivity contribution in [2.75, 3.05) is 0 Å². The molecule has 0 spiro atoms. The largest absolute Gasteiger partial charge is 0.350 e. The van der Waals surface area contributed by atoms with Crippen LogP contribution in [-0.4, -0.2) is 5.91 Å². The molecule has 0 fully saturated rings. The number of rotatable bonds is 5. The number of carbonyl (C=O) groups excluding carboxylic acids is 1. The van der Waals surface area contributed by atoms with Gasteiger partial charge in [0.05, 0.1) is 12.5 Å². The van der Waals surface area contributed by atoms with E-state index < -0.39 is 0 Å². The second kappa shape index (κ2) is 7.05. The molecule has 0 aliphatic carbocycles. The Balaban J connectivity index is 1.83. The Morgan fingerprint density at radius 1 is 0.864 bits per heavy atom. The van der Waals surface area contributed by atoms with Crippen LogP contribution in [0.5, 0.6) is 0 Å². The van der Waals surface area contributed by atoms with Crippen LogP contribution < -0.4 is 5.32 Å². The van der Waals surface area contributed by atoms with Crippen molar-refractivity contribution in [3.05, 3.63) is 94.2 Å². The maximum absolute atomic E-state index is 12.7. The van der Waals surface area contributed by atoms with Gasteiger partial charge in [0.1, 0.15) is 0 Å². The molecule has 3 aromatic rings. The van der Waals surface area contributed by atoms with Gasteiger partial charge in [0.2, 0.25) is 5.91 Å². The first-order valence-corrected chi connectivity index (χ1v) is 8.12. The minimum Gasteiger partial charge on any atom is -0.350 e. The molecular formula is C19H17NOS. The van der Waals surface area contributed by atoms with Gasteiger partial charge >= 0.3 is 0 Å². The highest BCUT2D eigenvalue weighted by Crippen LogP contribution is 2.25. The quantitative estimate of drug-likeness (QED) is 0.752. The molecule has 0 atom stereocenters. The summed E-state index contributed by atoms with van der Waals surface area (Å²) in [6.07, 6.45) is 0. The van der Waals surface area contributed by atoms with Crippen LogP contribution in [0.2, 0.25) is 0 Å². The van der Waals surface area contributed by atoms with Crippen LogP contribution in [0.4, 0.5) is 0 Å². The molecule has 2 aromatic carbocycles. The standard InChI is InChI=1S/C19H17NOS/c21-19(20-14-17-12-7-13-22-17)18(15-8-3-1-4-9-15)16-10-5-2-6-11-16/h1-13,18H,14H2,(H,20,21). The lowest BCUT2D eigenvalue weighted by molar-refractivity contribution is -0.121. The van der Waals surface area contributed by atoms with Crippen molar-refractivity contribution < 1.29 is 4.79 Å². The molecule has 22 heavy (non-hydrogen) atoms. The summed E-state index contributed by atoms with van der Waals surface area (Å²) >= 11 is 1.65. The third kappa shape index (κ3) is 3.43. The van der Waals surface area contributed by atoms with E-state index in [1.54, 1.807) is 11.3 Å². The Morgan fingerprint density at radius 2 is 1.45 bits per heavy atom. The van der Waals surface area contributed by atoms with Gasteiger partial charge in [-0.05, 0) is 22.6 Å². The van der Waals surface area contributed by atoms with E-state index in [0.717, 1.165) is 16.0 Å². The highest BCUT2D eigenvalue weighted by Gasteiger charge is 2.22. The second-order valence-electron chi connectivity index (χ2n) is 5.05. The van der Waals surface area contributed by atoms with Crippen LogP contribution in [0.1, 0.15) is 21.9 Å². The van der Waals surface area contributed by atoms with E-state index in [4.69, 9.17) is 0 Å². The van der Waals surface area contributed by atoms with Crippen LogP contribution >= 0.6 is 11.3 Å².